The zero-order valence-corrected chi connectivity index (χ0v) is 12.6. The summed E-state index contributed by atoms with van der Waals surface area (Å²) < 4.78 is 5.04. The normalized spacial score (nSPS) is 22.2. The van der Waals surface area contributed by atoms with Crippen LogP contribution in [0.25, 0.3) is 6.08 Å². The molecule has 0 saturated heterocycles. The largest absolute Gasteiger partial charge is 0.504 e. The van der Waals surface area contributed by atoms with Crippen molar-refractivity contribution in [2.45, 2.75) is 38.6 Å². The molecule has 1 aliphatic rings. The van der Waals surface area contributed by atoms with Gasteiger partial charge in [0.25, 0.3) is 0 Å². The Hall–Kier alpha value is -1.97. The van der Waals surface area contributed by atoms with Crippen LogP contribution in [0, 0.1) is 5.92 Å². The van der Waals surface area contributed by atoms with Crippen molar-refractivity contribution >= 4 is 12.0 Å². The van der Waals surface area contributed by atoms with E-state index in [-0.39, 0.29) is 11.7 Å². The molecule has 1 amide bonds. The molecule has 1 aliphatic carbocycles. The number of aromatic hydroxyl groups is 1. The van der Waals surface area contributed by atoms with Gasteiger partial charge in [0.2, 0.25) is 5.91 Å². The predicted octanol–water partition coefficient (Wildman–Crippen LogP) is 3.11. The molecule has 2 N–H and O–H groups in total. The van der Waals surface area contributed by atoms with Gasteiger partial charge in [-0.15, -0.1) is 0 Å². The van der Waals surface area contributed by atoms with Gasteiger partial charge in [-0.05, 0) is 55.4 Å². The Morgan fingerprint density at radius 1 is 1.33 bits per heavy atom. The highest BCUT2D eigenvalue weighted by Gasteiger charge is 2.18. The number of rotatable bonds is 4. The highest BCUT2D eigenvalue weighted by molar-refractivity contribution is 5.92. The lowest BCUT2D eigenvalue weighted by Crippen LogP contribution is -2.36. The van der Waals surface area contributed by atoms with Gasteiger partial charge in [0.05, 0.1) is 7.11 Å². The van der Waals surface area contributed by atoms with Crippen molar-refractivity contribution < 1.29 is 14.6 Å². The van der Waals surface area contributed by atoms with E-state index in [1.807, 2.05) is 0 Å². The summed E-state index contributed by atoms with van der Waals surface area (Å²) in [6.07, 6.45) is 7.75. The van der Waals surface area contributed by atoms with E-state index >= 15 is 0 Å². The first-order chi connectivity index (χ1) is 10.1. The van der Waals surface area contributed by atoms with Crippen LogP contribution in [-0.4, -0.2) is 24.2 Å². The summed E-state index contributed by atoms with van der Waals surface area (Å²) in [5.41, 5.74) is 0.817. The summed E-state index contributed by atoms with van der Waals surface area (Å²) in [4.78, 5) is 11.9. The molecule has 114 valence electrons. The topological polar surface area (TPSA) is 58.6 Å². The maximum absolute atomic E-state index is 11.9. The Morgan fingerprint density at radius 3 is 2.71 bits per heavy atom. The summed E-state index contributed by atoms with van der Waals surface area (Å²) >= 11 is 0. The van der Waals surface area contributed by atoms with Crippen LogP contribution in [0.2, 0.25) is 0 Å². The fourth-order valence-corrected chi connectivity index (χ4v) is 2.62. The second kappa shape index (κ2) is 7.16. The summed E-state index contributed by atoms with van der Waals surface area (Å²) in [7, 11) is 1.50. The number of methoxy groups -OCH3 is 1. The lowest BCUT2D eigenvalue weighted by molar-refractivity contribution is -0.117. The van der Waals surface area contributed by atoms with Gasteiger partial charge in [-0.2, -0.15) is 0 Å². The van der Waals surface area contributed by atoms with Crippen molar-refractivity contribution in [3.63, 3.8) is 0 Å². The first-order valence-electron chi connectivity index (χ1n) is 7.44. The van der Waals surface area contributed by atoms with Gasteiger partial charge in [-0.1, -0.05) is 13.0 Å². The highest BCUT2D eigenvalue weighted by Crippen LogP contribution is 2.27. The third-order valence-electron chi connectivity index (χ3n) is 3.99. The molecule has 1 aromatic rings. The highest BCUT2D eigenvalue weighted by atomic mass is 16.5. The number of ether oxygens (including phenoxy) is 1. The van der Waals surface area contributed by atoms with E-state index in [1.54, 1.807) is 24.3 Å². The van der Waals surface area contributed by atoms with Crippen molar-refractivity contribution in [3.05, 3.63) is 29.8 Å². The smallest absolute Gasteiger partial charge is 0.244 e. The maximum Gasteiger partial charge on any atom is 0.244 e. The van der Waals surface area contributed by atoms with Crippen molar-refractivity contribution in [1.29, 1.82) is 0 Å². The quantitative estimate of drug-likeness (QED) is 0.837. The zero-order chi connectivity index (χ0) is 15.2. The van der Waals surface area contributed by atoms with Crippen LogP contribution < -0.4 is 10.1 Å². The number of amides is 1. The minimum Gasteiger partial charge on any atom is -0.504 e. The van der Waals surface area contributed by atoms with E-state index in [9.17, 15) is 9.90 Å². The maximum atomic E-state index is 11.9. The molecule has 1 aromatic carbocycles. The average molecular weight is 289 g/mol. The minimum atomic E-state index is -0.0680. The van der Waals surface area contributed by atoms with Crippen LogP contribution >= 0.6 is 0 Å². The second-order valence-electron chi connectivity index (χ2n) is 5.73. The number of phenolic OH excluding ortho intramolecular Hbond substituents is 1. The molecule has 0 heterocycles. The summed E-state index contributed by atoms with van der Waals surface area (Å²) in [6.45, 7) is 2.26. The number of phenols is 1. The Morgan fingerprint density at radius 2 is 2.05 bits per heavy atom. The van der Waals surface area contributed by atoms with Crippen LogP contribution in [-0.2, 0) is 4.79 Å². The molecule has 1 saturated carbocycles. The van der Waals surface area contributed by atoms with E-state index in [2.05, 4.69) is 12.2 Å². The van der Waals surface area contributed by atoms with Crippen LogP contribution in [0.3, 0.4) is 0 Å². The summed E-state index contributed by atoms with van der Waals surface area (Å²) in [6, 6.07) is 5.29. The molecular formula is C17H23NO3. The molecule has 0 radical (unpaired) electrons. The third-order valence-corrected chi connectivity index (χ3v) is 3.99. The van der Waals surface area contributed by atoms with Gasteiger partial charge in [-0.25, -0.2) is 0 Å². The molecule has 2 rings (SSSR count). The van der Waals surface area contributed by atoms with Gasteiger partial charge >= 0.3 is 0 Å². The molecule has 21 heavy (non-hydrogen) atoms. The molecule has 1 fully saturated rings. The first-order valence-corrected chi connectivity index (χ1v) is 7.44. The van der Waals surface area contributed by atoms with E-state index in [0.717, 1.165) is 24.3 Å². The third kappa shape index (κ3) is 4.52. The van der Waals surface area contributed by atoms with Crippen LogP contribution in [0.4, 0.5) is 0 Å². The molecule has 0 aromatic heterocycles. The molecule has 0 spiro atoms. The molecular weight excluding hydrogens is 266 g/mol. The summed E-state index contributed by atoms with van der Waals surface area (Å²) in [5, 5.41) is 12.6. The number of nitrogens with one attached hydrogen (secondary N) is 1. The Labute approximate surface area is 125 Å². The van der Waals surface area contributed by atoms with Crippen LogP contribution in [0.1, 0.15) is 38.2 Å². The Bertz CT molecular complexity index is 517. The monoisotopic (exact) mass is 289 g/mol. The fourth-order valence-electron chi connectivity index (χ4n) is 2.62. The molecule has 4 nitrogen and oxygen atoms in total. The number of hydrogen-bond donors (Lipinski definition) is 2. The first kappa shape index (κ1) is 15.4. The molecule has 0 aliphatic heterocycles. The molecule has 0 unspecified atom stereocenters. The van der Waals surface area contributed by atoms with Gasteiger partial charge in [0, 0.05) is 12.1 Å². The Balaban J connectivity index is 1.90. The van der Waals surface area contributed by atoms with E-state index < -0.39 is 0 Å². The van der Waals surface area contributed by atoms with Gasteiger partial charge in [-0.3, -0.25) is 4.79 Å². The SMILES string of the molecule is COc1cc(C=CC(=O)NC2CCC(C)CC2)ccc1O. The minimum absolute atomic E-state index is 0.0680. The van der Waals surface area contributed by atoms with Gasteiger partial charge in [0.15, 0.2) is 11.5 Å². The van der Waals surface area contributed by atoms with E-state index in [0.29, 0.717) is 11.8 Å². The predicted molar refractivity (Wildman–Crippen MR) is 83.3 cm³/mol. The number of hydrogen-bond acceptors (Lipinski definition) is 3. The molecule has 0 atom stereocenters. The average Bonchev–Trinajstić information content (AvgIpc) is 2.49. The van der Waals surface area contributed by atoms with Gasteiger partial charge < -0.3 is 15.2 Å². The lowest BCUT2D eigenvalue weighted by Gasteiger charge is -2.26. The summed E-state index contributed by atoms with van der Waals surface area (Å²) in [5.74, 6) is 1.20. The van der Waals surface area contributed by atoms with Crippen molar-refractivity contribution in [1.82, 2.24) is 5.32 Å². The number of carbonyl (C=O) groups is 1. The standard InChI is InChI=1S/C17H23NO3/c1-12-3-7-14(8-4-12)18-17(20)10-6-13-5-9-15(19)16(11-13)21-2/h5-6,9-12,14,19H,3-4,7-8H2,1-2H3,(H,18,20). The van der Waals surface area contributed by atoms with E-state index in [4.69, 9.17) is 4.74 Å². The van der Waals surface area contributed by atoms with Gasteiger partial charge in [0.1, 0.15) is 0 Å². The van der Waals surface area contributed by atoms with Crippen molar-refractivity contribution in [2.75, 3.05) is 7.11 Å². The Kier molecular flexibility index (Phi) is 5.26. The van der Waals surface area contributed by atoms with E-state index in [1.165, 1.54) is 26.0 Å². The fraction of sp³-hybridized carbons (Fsp3) is 0.471. The van der Waals surface area contributed by atoms with Crippen molar-refractivity contribution in [2.24, 2.45) is 5.92 Å². The second-order valence-corrected chi connectivity index (χ2v) is 5.73. The van der Waals surface area contributed by atoms with Crippen LogP contribution in [0.5, 0.6) is 11.5 Å². The van der Waals surface area contributed by atoms with Crippen LogP contribution in [0.15, 0.2) is 24.3 Å². The zero-order valence-electron chi connectivity index (χ0n) is 12.6. The van der Waals surface area contributed by atoms with Crippen molar-refractivity contribution in [3.8, 4) is 11.5 Å². The molecule has 0 bridgehead atoms. The lowest BCUT2D eigenvalue weighted by atomic mass is 9.87. The number of benzene rings is 1. The number of carbonyl (C=O) groups excluding carboxylic acids is 1. The molecule has 4 heteroatoms.